The van der Waals surface area contributed by atoms with Gasteiger partial charge >= 0.3 is 5.97 Å². The van der Waals surface area contributed by atoms with Gasteiger partial charge in [-0.2, -0.15) is 0 Å². The molecule has 1 saturated carbocycles. The van der Waals surface area contributed by atoms with Crippen molar-refractivity contribution in [2.75, 3.05) is 13.2 Å². The van der Waals surface area contributed by atoms with Crippen molar-refractivity contribution in [1.82, 2.24) is 4.98 Å². The summed E-state index contributed by atoms with van der Waals surface area (Å²) in [6.45, 7) is 8.81. The van der Waals surface area contributed by atoms with E-state index in [1.807, 2.05) is 19.1 Å². The van der Waals surface area contributed by atoms with Gasteiger partial charge in [0.15, 0.2) is 6.10 Å². The minimum absolute atomic E-state index is 0.0236. The Labute approximate surface area is 190 Å². The Morgan fingerprint density at radius 2 is 1.88 bits per heavy atom. The third kappa shape index (κ3) is 6.64. The van der Waals surface area contributed by atoms with Gasteiger partial charge in [0.05, 0.1) is 25.4 Å². The molecule has 1 aliphatic rings. The molecule has 0 radical (unpaired) electrons. The van der Waals surface area contributed by atoms with Crippen LogP contribution in [-0.4, -0.2) is 47.6 Å². The first kappa shape index (κ1) is 24.4. The van der Waals surface area contributed by atoms with E-state index in [1.165, 1.54) is 5.56 Å². The molecule has 2 aromatic rings. The molecule has 1 heterocycles. The Kier molecular flexibility index (Phi) is 8.84. The predicted molar refractivity (Wildman–Crippen MR) is 121 cm³/mol. The van der Waals surface area contributed by atoms with E-state index in [0.29, 0.717) is 25.0 Å². The van der Waals surface area contributed by atoms with Crippen molar-refractivity contribution in [3.05, 3.63) is 41.3 Å². The van der Waals surface area contributed by atoms with Crippen LogP contribution in [0.1, 0.15) is 69.4 Å². The zero-order chi connectivity index (χ0) is 23.1. The van der Waals surface area contributed by atoms with E-state index in [9.17, 15) is 9.90 Å². The van der Waals surface area contributed by atoms with Gasteiger partial charge in [-0.15, -0.1) is 0 Å². The third-order valence-electron chi connectivity index (χ3n) is 5.88. The third-order valence-corrected chi connectivity index (χ3v) is 5.88. The van der Waals surface area contributed by atoms with Crippen LogP contribution in [-0.2, 0) is 25.6 Å². The van der Waals surface area contributed by atoms with Gasteiger partial charge in [0.1, 0.15) is 11.5 Å². The molecule has 0 aliphatic heterocycles. The zero-order valence-corrected chi connectivity index (χ0v) is 19.5. The molecule has 1 aromatic heterocycles. The SMILES string of the molecule is CCOC(CO[C@@H]1CCC[C@H](OCc2nc(-c3ccc(C(C)C)cc3)oc2C)C1)C(=O)O. The topological polar surface area (TPSA) is 91.0 Å². The lowest BCUT2D eigenvalue weighted by atomic mass is 9.95. The van der Waals surface area contributed by atoms with Crippen LogP contribution in [0.25, 0.3) is 11.5 Å². The number of aromatic nitrogens is 1. The molecule has 3 rings (SSSR count). The number of rotatable bonds is 11. The fourth-order valence-corrected chi connectivity index (χ4v) is 3.91. The van der Waals surface area contributed by atoms with Gasteiger partial charge in [0, 0.05) is 12.2 Å². The smallest absolute Gasteiger partial charge is 0.335 e. The Bertz CT molecular complexity index is 860. The van der Waals surface area contributed by atoms with E-state index >= 15 is 0 Å². The van der Waals surface area contributed by atoms with Crippen LogP contribution >= 0.6 is 0 Å². The van der Waals surface area contributed by atoms with Crippen molar-refractivity contribution in [3.63, 3.8) is 0 Å². The molecular formula is C25H35NO6. The summed E-state index contributed by atoms with van der Waals surface area (Å²) < 4.78 is 23.1. The first-order valence-corrected chi connectivity index (χ1v) is 11.5. The minimum Gasteiger partial charge on any atom is -0.479 e. The first-order valence-electron chi connectivity index (χ1n) is 11.5. The second-order valence-corrected chi connectivity index (χ2v) is 8.64. The highest BCUT2D eigenvalue weighted by Gasteiger charge is 2.26. The molecule has 0 saturated heterocycles. The summed E-state index contributed by atoms with van der Waals surface area (Å²) in [4.78, 5) is 15.9. The summed E-state index contributed by atoms with van der Waals surface area (Å²) in [6.07, 6.45) is 2.67. The number of carboxylic acid groups (broad SMARTS) is 1. The summed E-state index contributed by atoms with van der Waals surface area (Å²) in [7, 11) is 0. The Balaban J connectivity index is 1.52. The molecule has 7 nitrogen and oxygen atoms in total. The second-order valence-electron chi connectivity index (χ2n) is 8.64. The Morgan fingerprint density at radius 3 is 2.50 bits per heavy atom. The molecule has 7 heteroatoms. The number of oxazole rings is 1. The molecule has 1 fully saturated rings. The van der Waals surface area contributed by atoms with Crippen LogP contribution in [0.4, 0.5) is 0 Å². The molecule has 1 unspecified atom stereocenters. The Morgan fingerprint density at radius 1 is 1.19 bits per heavy atom. The van der Waals surface area contributed by atoms with Crippen molar-refractivity contribution >= 4 is 5.97 Å². The highest BCUT2D eigenvalue weighted by molar-refractivity contribution is 5.72. The van der Waals surface area contributed by atoms with Crippen molar-refractivity contribution in [3.8, 4) is 11.5 Å². The maximum Gasteiger partial charge on any atom is 0.335 e. The maximum atomic E-state index is 11.2. The van der Waals surface area contributed by atoms with E-state index in [1.54, 1.807) is 6.92 Å². The van der Waals surface area contributed by atoms with Gasteiger partial charge in [0.25, 0.3) is 0 Å². The van der Waals surface area contributed by atoms with Crippen LogP contribution in [0.2, 0.25) is 0 Å². The van der Waals surface area contributed by atoms with Crippen molar-refractivity contribution in [2.24, 2.45) is 0 Å². The highest BCUT2D eigenvalue weighted by atomic mass is 16.6. The molecule has 0 spiro atoms. The van der Waals surface area contributed by atoms with Gasteiger partial charge in [-0.25, -0.2) is 9.78 Å². The number of hydrogen-bond acceptors (Lipinski definition) is 6. The van der Waals surface area contributed by atoms with E-state index in [2.05, 4.69) is 31.0 Å². The van der Waals surface area contributed by atoms with Crippen LogP contribution in [0.15, 0.2) is 28.7 Å². The summed E-state index contributed by atoms with van der Waals surface area (Å²) in [5.41, 5.74) is 3.04. The van der Waals surface area contributed by atoms with Crippen molar-refractivity contribution in [1.29, 1.82) is 0 Å². The van der Waals surface area contributed by atoms with E-state index < -0.39 is 12.1 Å². The van der Waals surface area contributed by atoms with E-state index in [4.69, 9.17) is 18.6 Å². The summed E-state index contributed by atoms with van der Waals surface area (Å²) in [6, 6.07) is 8.30. The molecule has 0 amide bonds. The van der Waals surface area contributed by atoms with Gasteiger partial charge in [-0.3, -0.25) is 0 Å². The maximum absolute atomic E-state index is 11.2. The summed E-state index contributed by atoms with van der Waals surface area (Å²) in [5.74, 6) is 0.859. The fourth-order valence-electron chi connectivity index (χ4n) is 3.91. The molecule has 3 atom stereocenters. The van der Waals surface area contributed by atoms with Crippen LogP contribution < -0.4 is 0 Å². The van der Waals surface area contributed by atoms with Gasteiger partial charge in [-0.05, 0) is 63.1 Å². The molecule has 0 bridgehead atoms. The quantitative estimate of drug-likeness (QED) is 0.514. The van der Waals surface area contributed by atoms with E-state index in [-0.39, 0.29) is 18.8 Å². The second kappa shape index (κ2) is 11.6. The van der Waals surface area contributed by atoms with Gasteiger partial charge in [0.2, 0.25) is 5.89 Å². The number of carbonyl (C=O) groups is 1. The molecule has 1 aromatic carbocycles. The number of hydrogen-bond donors (Lipinski definition) is 1. The predicted octanol–water partition coefficient (Wildman–Crippen LogP) is 5.11. The zero-order valence-electron chi connectivity index (χ0n) is 19.5. The number of benzene rings is 1. The summed E-state index contributed by atoms with van der Waals surface area (Å²) in [5, 5.41) is 9.20. The van der Waals surface area contributed by atoms with Crippen LogP contribution in [0, 0.1) is 6.92 Å². The monoisotopic (exact) mass is 445 g/mol. The standard InChI is InChI=1S/C25H35NO6/c1-5-29-23(25(27)28)15-31-21-8-6-7-20(13-21)30-14-22-17(4)32-24(26-22)19-11-9-18(10-12-19)16(2)3/h9-12,16,20-21,23H,5-8,13-15H2,1-4H3,(H,27,28)/t20-,21+,23?/m0/s1. The number of aryl methyl sites for hydroxylation is 1. The lowest BCUT2D eigenvalue weighted by molar-refractivity contribution is -0.157. The molecule has 176 valence electrons. The van der Waals surface area contributed by atoms with Crippen molar-refractivity contribution in [2.45, 2.75) is 84.2 Å². The largest absolute Gasteiger partial charge is 0.479 e. The molecule has 32 heavy (non-hydrogen) atoms. The van der Waals surface area contributed by atoms with Crippen LogP contribution in [0.3, 0.4) is 0 Å². The number of carboxylic acids is 1. The number of aliphatic carboxylic acids is 1. The number of ether oxygens (including phenoxy) is 3. The minimum atomic E-state index is -0.994. The normalized spacial score (nSPS) is 19.9. The molecule has 1 N–H and O–H groups in total. The average molecular weight is 446 g/mol. The highest BCUT2D eigenvalue weighted by Crippen LogP contribution is 2.27. The number of nitrogens with zero attached hydrogens (tertiary/aromatic N) is 1. The lowest BCUT2D eigenvalue weighted by Crippen LogP contribution is -2.34. The first-order chi connectivity index (χ1) is 15.4. The van der Waals surface area contributed by atoms with Gasteiger partial charge < -0.3 is 23.7 Å². The molecule has 1 aliphatic carbocycles. The van der Waals surface area contributed by atoms with E-state index in [0.717, 1.165) is 42.7 Å². The summed E-state index contributed by atoms with van der Waals surface area (Å²) >= 11 is 0. The van der Waals surface area contributed by atoms with Crippen molar-refractivity contribution < 1.29 is 28.5 Å². The Hall–Kier alpha value is -2.22. The fraction of sp³-hybridized carbons (Fsp3) is 0.600. The van der Waals surface area contributed by atoms with Crippen LogP contribution in [0.5, 0.6) is 0 Å². The van der Waals surface area contributed by atoms with Gasteiger partial charge in [-0.1, -0.05) is 26.0 Å². The lowest BCUT2D eigenvalue weighted by Gasteiger charge is -2.29. The molecular weight excluding hydrogens is 410 g/mol. The average Bonchev–Trinajstić information content (AvgIpc) is 3.16.